The van der Waals surface area contributed by atoms with Crippen LogP contribution < -0.4 is 4.73 Å². The van der Waals surface area contributed by atoms with Crippen LogP contribution in [0.15, 0.2) is 53.7 Å². The van der Waals surface area contributed by atoms with Gasteiger partial charge < -0.3 is 5.21 Å². The number of thiazole rings is 1. The van der Waals surface area contributed by atoms with Crippen molar-refractivity contribution in [2.75, 3.05) is 0 Å². The maximum Gasteiger partial charge on any atom is 0.251 e. The number of fused-ring (bicyclic) bond motifs is 1. The molecule has 0 atom stereocenters. The van der Waals surface area contributed by atoms with Crippen molar-refractivity contribution in [1.29, 1.82) is 0 Å². The number of hydrogen-bond acceptors (Lipinski definition) is 4. The molecule has 0 unspecified atom stereocenters. The molecule has 0 amide bonds. The summed E-state index contributed by atoms with van der Waals surface area (Å²) < 4.78 is 2.08. The first kappa shape index (κ1) is 11.5. The monoisotopic (exact) mass is 274 g/mol. The fraction of sp³-hybridized carbons (Fsp3) is 0.0769. The van der Waals surface area contributed by atoms with Crippen molar-refractivity contribution >= 4 is 33.3 Å². The molecule has 3 aromatic rings. The third kappa shape index (κ3) is 2.32. The minimum absolute atomic E-state index is 0.705. The van der Waals surface area contributed by atoms with E-state index >= 15 is 0 Å². The fourth-order valence-electron chi connectivity index (χ4n) is 1.64. The Morgan fingerprint density at radius 2 is 2.00 bits per heavy atom. The molecule has 90 valence electrons. The molecule has 0 spiro atoms. The van der Waals surface area contributed by atoms with Crippen LogP contribution in [-0.4, -0.2) is 4.98 Å². The lowest BCUT2D eigenvalue weighted by Gasteiger charge is -2.01. The number of thioether (sulfide) groups is 1. The number of hydrogen-bond donors (Lipinski definition) is 0. The van der Waals surface area contributed by atoms with Gasteiger partial charge in [0.15, 0.2) is 6.20 Å². The lowest BCUT2D eigenvalue weighted by Crippen LogP contribution is -2.27. The smallest absolute Gasteiger partial charge is 0.251 e. The van der Waals surface area contributed by atoms with Crippen molar-refractivity contribution in [3.63, 3.8) is 0 Å². The van der Waals surface area contributed by atoms with E-state index in [2.05, 4.69) is 11.1 Å². The summed E-state index contributed by atoms with van der Waals surface area (Å²) in [6, 6.07) is 13.5. The predicted molar refractivity (Wildman–Crippen MR) is 74.6 cm³/mol. The Bertz CT molecular complexity index is 648. The van der Waals surface area contributed by atoms with Crippen LogP contribution in [-0.2, 0) is 5.75 Å². The highest BCUT2D eigenvalue weighted by molar-refractivity contribution is 7.98. The molecular formula is C13H10N2OS2. The Balaban J connectivity index is 1.79. The summed E-state index contributed by atoms with van der Waals surface area (Å²) in [5, 5.41) is 13.2. The summed E-state index contributed by atoms with van der Waals surface area (Å²) in [6.07, 6.45) is 1.51. The Kier molecular flexibility index (Phi) is 3.17. The minimum Gasteiger partial charge on any atom is -0.618 e. The fourth-order valence-corrected chi connectivity index (χ4v) is 3.52. The van der Waals surface area contributed by atoms with Crippen molar-refractivity contribution in [3.8, 4) is 0 Å². The summed E-state index contributed by atoms with van der Waals surface area (Å²) in [6.45, 7) is 0. The number of nitrogens with zero attached hydrogens (tertiary/aromatic N) is 2. The third-order valence-electron chi connectivity index (χ3n) is 2.47. The van der Waals surface area contributed by atoms with Crippen LogP contribution in [0.2, 0.25) is 0 Å². The number of para-hydroxylation sites is 1. The quantitative estimate of drug-likeness (QED) is 0.418. The van der Waals surface area contributed by atoms with Gasteiger partial charge in [0.2, 0.25) is 0 Å². The molecular weight excluding hydrogens is 264 g/mol. The maximum absolute atomic E-state index is 11.5. The molecule has 0 N–H and O–H groups in total. The maximum atomic E-state index is 11.5. The highest BCUT2D eigenvalue weighted by Crippen LogP contribution is 2.26. The number of rotatable bonds is 3. The van der Waals surface area contributed by atoms with Crippen LogP contribution in [0.3, 0.4) is 0 Å². The Labute approximate surface area is 113 Å². The van der Waals surface area contributed by atoms with Crippen molar-refractivity contribution in [2.24, 2.45) is 0 Å². The van der Waals surface area contributed by atoms with Gasteiger partial charge in [-0.15, -0.1) is 11.3 Å². The minimum atomic E-state index is 0.705. The summed E-state index contributed by atoms with van der Waals surface area (Å²) >= 11 is 3.19. The lowest BCUT2D eigenvalue weighted by molar-refractivity contribution is -0.645. The summed E-state index contributed by atoms with van der Waals surface area (Å²) in [5.41, 5.74) is 1.03. The number of pyridine rings is 1. The van der Waals surface area contributed by atoms with E-state index in [4.69, 9.17) is 0 Å². The van der Waals surface area contributed by atoms with Gasteiger partial charge in [-0.05, 0) is 30.0 Å². The average molecular weight is 274 g/mol. The van der Waals surface area contributed by atoms with Gasteiger partial charge in [-0.2, -0.15) is 4.73 Å². The van der Waals surface area contributed by atoms with Crippen LogP contribution in [0.1, 0.15) is 5.01 Å². The van der Waals surface area contributed by atoms with Crippen LogP contribution in [0.25, 0.3) is 10.2 Å². The third-order valence-corrected chi connectivity index (χ3v) is 4.72. The van der Waals surface area contributed by atoms with E-state index in [1.165, 1.54) is 22.7 Å². The Morgan fingerprint density at radius 1 is 1.17 bits per heavy atom. The first-order chi connectivity index (χ1) is 8.83. The molecule has 0 bridgehead atoms. The molecule has 2 aromatic heterocycles. The Hall–Kier alpha value is -1.59. The first-order valence-electron chi connectivity index (χ1n) is 5.48. The molecule has 0 aliphatic carbocycles. The molecule has 0 aliphatic rings. The highest BCUT2D eigenvalue weighted by atomic mass is 32.2. The van der Waals surface area contributed by atoms with Gasteiger partial charge in [-0.3, -0.25) is 0 Å². The molecule has 0 saturated carbocycles. The van der Waals surface area contributed by atoms with Crippen molar-refractivity contribution in [1.82, 2.24) is 4.98 Å². The average Bonchev–Trinajstić information content (AvgIpc) is 2.80. The Morgan fingerprint density at radius 3 is 2.83 bits per heavy atom. The molecule has 3 nitrogen and oxygen atoms in total. The van der Waals surface area contributed by atoms with Gasteiger partial charge in [0.05, 0.1) is 16.0 Å². The van der Waals surface area contributed by atoms with Gasteiger partial charge in [0, 0.05) is 12.1 Å². The molecule has 0 saturated heterocycles. The van der Waals surface area contributed by atoms with Gasteiger partial charge >= 0.3 is 0 Å². The molecule has 1 aromatic carbocycles. The molecule has 2 heterocycles. The summed E-state index contributed by atoms with van der Waals surface area (Å²) in [4.78, 5) is 4.54. The normalized spacial score (nSPS) is 10.9. The molecule has 0 fully saturated rings. The van der Waals surface area contributed by atoms with Crippen molar-refractivity contribution in [3.05, 3.63) is 58.9 Å². The van der Waals surface area contributed by atoms with E-state index in [0.717, 1.165) is 21.0 Å². The molecule has 3 rings (SSSR count). The van der Waals surface area contributed by atoms with Crippen LogP contribution >= 0.6 is 23.1 Å². The zero-order valence-corrected chi connectivity index (χ0v) is 11.1. The highest BCUT2D eigenvalue weighted by Gasteiger charge is 2.08. The second kappa shape index (κ2) is 4.96. The summed E-state index contributed by atoms with van der Waals surface area (Å²) in [5.74, 6) is 0.728. The van der Waals surface area contributed by atoms with E-state index in [-0.39, 0.29) is 0 Å². The van der Waals surface area contributed by atoms with Crippen LogP contribution in [0.5, 0.6) is 0 Å². The molecule has 5 heteroatoms. The van der Waals surface area contributed by atoms with Gasteiger partial charge in [0.25, 0.3) is 5.03 Å². The molecule has 18 heavy (non-hydrogen) atoms. The van der Waals surface area contributed by atoms with E-state index in [0.29, 0.717) is 5.03 Å². The predicted octanol–water partition coefficient (Wildman–Crippen LogP) is 3.22. The van der Waals surface area contributed by atoms with Gasteiger partial charge in [-0.1, -0.05) is 12.1 Å². The zero-order valence-electron chi connectivity index (χ0n) is 9.45. The first-order valence-corrected chi connectivity index (χ1v) is 7.28. The second-order valence-corrected chi connectivity index (χ2v) is 5.84. The van der Waals surface area contributed by atoms with Crippen molar-refractivity contribution in [2.45, 2.75) is 10.8 Å². The molecule has 0 aliphatic heterocycles. The van der Waals surface area contributed by atoms with E-state index in [1.807, 2.05) is 30.3 Å². The van der Waals surface area contributed by atoms with E-state index in [1.54, 1.807) is 17.4 Å². The molecule has 0 radical (unpaired) electrons. The van der Waals surface area contributed by atoms with Crippen LogP contribution in [0, 0.1) is 5.21 Å². The lowest BCUT2D eigenvalue weighted by atomic mass is 10.3. The topological polar surface area (TPSA) is 39.8 Å². The number of aromatic nitrogens is 2. The second-order valence-electron chi connectivity index (χ2n) is 3.73. The SMILES string of the molecule is [O-][n+]1ccccc1SCc1nc2ccccc2s1. The standard InChI is InChI=1S/C13H10N2OS2/c16-15-8-4-3-7-13(15)17-9-12-14-10-5-1-2-6-11(10)18-12/h1-8H,9H2. The van der Waals surface area contributed by atoms with E-state index < -0.39 is 0 Å². The largest absolute Gasteiger partial charge is 0.618 e. The van der Waals surface area contributed by atoms with E-state index in [9.17, 15) is 5.21 Å². The van der Waals surface area contributed by atoms with Crippen LogP contribution in [0.4, 0.5) is 0 Å². The van der Waals surface area contributed by atoms with Crippen molar-refractivity contribution < 1.29 is 4.73 Å². The number of benzene rings is 1. The summed E-state index contributed by atoms with van der Waals surface area (Å²) in [7, 11) is 0. The zero-order chi connectivity index (χ0) is 12.4. The van der Waals surface area contributed by atoms with Gasteiger partial charge in [-0.25, -0.2) is 4.98 Å². The van der Waals surface area contributed by atoms with Gasteiger partial charge in [0.1, 0.15) is 5.01 Å².